The van der Waals surface area contributed by atoms with Gasteiger partial charge in [0.25, 0.3) is 0 Å². The molecule has 0 atom stereocenters. The maximum absolute atomic E-state index is 12.9. The van der Waals surface area contributed by atoms with Crippen molar-refractivity contribution in [3.05, 3.63) is 42.7 Å². The molecule has 0 saturated heterocycles. The summed E-state index contributed by atoms with van der Waals surface area (Å²) in [5.41, 5.74) is 4.15. The molecule has 4 N–H and O–H groups in total. The molecule has 0 radical (unpaired) electrons. The van der Waals surface area contributed by atoms with Gasteiger partial charge in [0.1, 0.15) is 29.5 Å². The van der Waals surface area contributed by atoms with E-state index in [0.717, 1.165) is 0 Å². The largest absolute Gasteiger partial charge is 0.338 e. The van der Waals surface area contributed by atoms with E-state index in [1.165, 1.54) is 24.8 Å². The molecule has 1 aromatic carbocycles. The molecule has 2 aromatic heterocycles. The van der Waals surface area contributed by atoms with Crippen LogP contribution in [0.1, 0.15) is 0 Å². The molecule has 0 bridgehead atoms. The molecule has 20 heavy (non-hydrogen) atoms. The molecule has 0 aliphatic carbocycles. The lowest BCUT2D eigenvalue weighted by molar-refractivity contribution is 0.628. The molecular weight excluding hydrogens is 261 g/mol. The first kappa shape index (κ1) is 12.2. The Kier molecular flexibility index (Phi) is 3.05. The Morgan fingerprint density at radius 2 is 1.45 bits per heavy atom. The van der Waals surface area contributed by atoms with Gasteiger partial charge in [-0.1, -0.05) is 0 Å². The molecular formula is C12H10FN7. The number of benzene rings is 1. The minimum Gasteiger partial charge on any atom is -0.338 e. The highest BCUT2D eigenvalue weighted by Gasteiger charge is 2.09. The van der Waals surface area contributed by atoms with Crippen molar-refractivity contribution in [2.45, 2.75) is 0 Å². The number of aromatic nitrogens is 4. The van der Waals surface area contributed by atoms with E-state index < -0.39 is 0 Å². The number of nitrogens with zero attached hydrogens (tertiary/aromatic N) is 4. The van der Waals surface area contributed by atoms with Gasteiger partial charge in [0.05, 0.1) is 0 Å². The van der Waals surface area contributed by atoms with Crippen molar-refractivity contribution >= 4 is 28.4 Å². The number of rotatable bonds is 3. The first-order valence-corrected chi connectivity index (χ1v) is 5.73. The molecule has 8 heteroatoms. The molecule has 3 aromatic rings. The van der Waals surface area contributed by atoms with E-state index in [-0.39, 0.29) is 5.82 Å². The summed E-state index contributed by atoms with van der Waals surface area (Å²) < 4.78 is 12.9. The van der Waals surface area contributed by atoms with Crippen LogP contribution in [-0.2, 0) is 0 Å². The number of fused-ring (bicyclic) bond motifs is 1. The Labute approximate surface area is 113 Å². The van der Waals surface area contributed by atoms with Crippen LogP contribution in [0.4, 0.5) is 21.7 Å². The zero-order valence-electron chi connectivity index (χ0n) is 10.2. The highest BCUT2D eigenvalue weighted by atomic mass is 19.1. The van der Waals surface area contributed by atoms with Crippen molar-refractivity contribution in [2.75, 3.05) is 10.7 Å². The molecule has 0 aliphatic heterocycles. The lowest BCUT2D eigenvalue weighted by Gasteiger charge is -2.08. The second-order valence-electron chi connectivity index (χ2n) is 3.92. The summed E-state index contributed by atoms with van der Waals surface area (Å²) in [5.74, 6) is 5.96. The van der Waals surface area contributed by atoms with Crippen LogP contribution >= 0.6 is 0 Å². The molecule has 3 rings (SSSR count). The van der Waals surface area contributed by atoms with Crippen molar-refractivity contribution in [3.63, 3.8) is 0 Å². The van der Waals surface area contributed by atoms with E-state index in [4.69, 9.17) is 5.84 Å². The zero-order chi connectivity index (χ0) is 13.9. The molecule has 100 valence electrons. The summed E-state index contributed by atoms with van der Waals surface area (Å²) >= 11 is 0. The predicted molar refractivity (Wildman–Crippen MR) is 72.6 cm³/mol. The predicted octanol–water partition coefficient (Wildman–Crippen LogP) is 1.59. The maximum atomic E-state index is 12.9. The maximum Gasteiger partial charge on any atom is 0.170 e. The fourth-order valence-corrected chi connectivity index (χ4v) is 1.75. The van der Waals surface area contributed by atoms with Gasteiger partial charge >= 0.3 is 0 Å². The molecule has 0 spiro atoms. The third kappa shape index (κ3) is 2.19. The molecule has 2 heterocycles. The summed E-state index contributed by atoms with van der Waals surface area (Å²) in [6.07, 6.45) is 2.73. The molecule has 0 unspecified atom stereocenters. The second kappa shape index (κ2) is 5.02. The van der Waals surface area contributed by atoms with Gasteiger partial charge in [-0.25, -0.2) is 30.2 Å². The highest BCUT2D eigenvalue weighted by molar-refractivity contribution is 5.92. The van der Waals surface area contributed by atoms with Crippen molar-refractivity contribution < 1.29 is 4.39 Å². The van der Waals surface area contributed by atoms with Gasteiger partial charge in [-0.15, -0.1) is 0 Å². The van der Waals surface area contributed by atoms with Crippen molar-refractivity contribution in [3.8, 4) is 0 Å². The summed E-state index contributed by atoms with van der Waals surface area (Å²) in [6, 6.07) is 5.92. The summed E-state index contributed by atoms with van der Waals surface area (Å²) in [4.78, 5) is 16.3. The number of halogens is 1. The molecule has 0 saturated carbocycles. The summed E-state index contributed by atoms with van der Waals surface area (Å²) in [6.45, 7) is 0. The van der Waals surface area contributed by atoms with Crippen LogP contribution in [0.5, 0.6) is 0 Å². The first-order valence-electron chi connectivity index (χ1n) is 5.73. The quantitative estimate of drug-likeness (QED) is 0.491. The standard InChI is InChI=1S/C12H10FN7/c13-7-1-3-8(4-2-7)19-11-9-10(16-5-17-11)12(20-14)18-6-15-9/h1-6H,14H2,(H,15,18,20)(H,16,17,19). The Hall–Kier alpha value is -2.87. The summed E-state index contributed by atoms with van der Waals surface area (Å²) in [7, 11) is 0. The molecule has 0 amide bonds. The Morgan fingerprint density at radius 3 is 2.10 bits per heavy atom. The van der Waals surface area contributed by atoms with E-state index in [1.807, 2.05) is 0 Å². The van der Waals surface area contributed by atoms with Gasteiger partial charge in [0.2, 0.25) is 0 Å². The van der Waals surface area contributed by atoms with Gasteiger partial charge in [-0.3, -0.25) is 0 Å². The monoisotopic (exact) mass is 271 g/mol. The molecule has 0 fully saturated rings. The fourth-order valence-electron chi connectivity index (χ4n) is 1.75. The van der Waals surface area contributed by atoms with E-state index in [0.29, 0.717) is 28.4 Å². The van der Waals surface area contributed by atoms with E-state index in [1.54, 1.807) is 12.1 Å². The van der Waals surface area contributed by atoms with Crippen LogP contribution in [-0.4, -0.2) is 19.9 Å². The third-order valence-electron chi connectivity index (χ3n) is 2.66. The number of anilines is 3. The average Bonchev–Trinajstić information content (AvgIpc) is 2.49. The van der Waals surface area contributed by atoms with Crippen LogP contribution in [0.3, 0.4) is 0 Å². The highest BCUT2D eigenvalue weighted by Crippen LogP contribution is 2.23. The summed E-state index contributed by atoms with van der Waals surface area (Å²) in [5, 5.41) is 3.05. The van der Waals surface area contributed by atoms with Gasteiger partial charge in [-0.2, -0.15) is 0 Å². The second-order valence-corrected chi connectivity index (χ2v) is 3.92. The van der Waals surface area contributed by atoms with Crippen molar-refractivity contribution in [1.82, 2.24) is 19.9 Å². The zero-order valence-corrected chi connectivity index (χ0v) is 10.2. The minimum absolute atomic E-state index is 0.306. The lowest BCUT2D eigenvalue weighted by Crippen LogP contribution is -2.10. The SMILES string of the molecule is NNc1ncnc2c(Nc3ccc(F)cc3)ncnc12. The van der Waals surface area contributed by atoms with Crippen LogP contribution in [0.25, 0.3) is 11.0 Å². The van der Waals surface area contributed by atoms with Gasteiger partial charge in [0, 0.05) is 5.69 Å². The first-order chi connectivity index (χ1) is 9.78. The van der Waals surface area contributed by atoms with Gasteiger partial charge in [-0.05, 0) is 24.3 Å². The number of hydrogen-bond acceptors (Lipinski definition) is 7. The van der Waals surface area contributed by atoms with Crippen LogP contribution in [0, 0.1) is 5.82 Å². The smallest absolute Gasteiger partial charge is 0.170 e. The molecule has 0 aliphatic rings. The Morgan fingerprint density at radius 1 is 0.850 bits per heavy atom. The Balaban J connectivity index is 2.05. The van der Waals surface area contributed by atoms with Crippen LogP contribution < -0.4 is 16.6 Å². The topological polar surface area (TPSA) is 102 Å². The van der Waals surface area contributed by atoms with E-state index in [2.05, 4.69) is 30.7 Å². The van der Waals surface area contributed by atoms with Crippen molar-refractivity contribution in [1.29, 1.82) is 0 Å². The number of nitrogens with one attached hydrogen (secondary N) is 2. The van der Waals surface area contributed by atoms with Gasteiger partial charge < -0.3 is 10.7 Å². The lowest BCUT2D eigenvalue weighted by atomic mass is 10.3. The van der Waals surface area contributed by atoms with E-state index in [9.17, 15) is 4.39 Å². The van der Waals surface area contributed by atoms with Gasteiger partial charge in [0.15, 0.2) is 11.6 Å². The number of nitrogen functional groups attached to an aromatic ring is 1. The van der Waals surface area contributed by atoms with Crippen LogP contribution in [0.15, 0.2) is 36.9 Å². The average molecular weight is 271 g/mol. The van der Waals surface area contributed by atoms with E-state index >= 15 is 0 Å². The molecule has 7 nitrogen and oxygen atoms in total. The van der Waals surface area contributed by atoms with Crippen LogP contribution in [0.2, 0.25) is 0 Å². The number of nitrogens with two attached hydrogens (primary N) is 1. The Bertz CT molecular complexity index is 744. The normalized spacial score (nSPS) is 10.5. The minimum atomic E-state index is -0.306. The number of hydrazine groups is 1. The third-order valence-corrected chi connectivity index (χ3v) is 2.66. The van der Waals surface area contributed by atoms with Crippen molar-refractivity contribution in [2.24, 2.45) is 5.84 Å². The number of hydrogen-bond donors (Lipinski definition) is 3. The fraction of sp³-hybridized carbons (Fsp3) is 0.